The molecule has 0 bridgehead atoms. The van der Waals surface area contributed by atoms with Crippen LogP contribution in [0.2, 0.25) is 0 Å². The first-order chi connectivity index (χ1) is 15.5. The van der Waals surface area contributed by atoms with Crippen molar-refractivity contribution in [2.75, 3.05) is 11.4 Å². The minimum absolute atomic E-state index is 0.0277. The van der Waals surface area contributed by atoms with Crippen molar-refractivity contribution in [2.45, 2.75) is 52.4 Å². The molecule has 0 saturated heterocycles. The second kappa shape index (κ2) is 7.89. The third-order valence-corrected chi connectivity index (χ3v) is 6.92. The molecule has 0 spiro atoms. The maximum atomic E-state index is 14.0. The Hall–Kier alpha value is -3.38. The van der Waals surface area contributed by atoms with Gasteiger partial charge in [0.15, 0.2) is 0 Å². The smallest absolute Gasteiger partial charge is 0.243 e. The summed E-state index contributed by atoms with van der Waals surface area (Å²) in [5.41, 5.74) is 5.23. The number of benzene rings is 3. The second-order valence-electron chi connectivity index (χ2n) is 11.0. The van der Waals surface area contributed by atoms with Gasteiger partial charge in [-0.3, -0.25) is 9.69 Å². The molecule has 33 heavy (non-hydrogen) atoms. The van der Waals surface area contributed by atoms with Crippen LogP contribution in [0.15, 0.2) is 72.8 Å². The van der Waals surface area contributed by atoms with Crippen LogP contribution < -0.4 is 4.90 Å². The van der Waals surface area contributed by atoms with Crippen LogP contribution in [0.5, 0.6) is 0 Å². The zero-order valence-corrected chi connectivity index (χ0v) is 20.4. The molecule has 1 aliphatic heterocycles. The summed E-state index contributed by atoms with van der Waals surface area (Å²) in [5.74, 6) is -0.0277. The van der Waals surface area contributed by atoms with Crippen LogP contribution in [-0.4, -0.2) is 12.5 Å². The molecule has 3 nitrogen and oxygen atoms in total. The van der Waals surface area contributed by atoms with Crippen molar-refractivity contribution in [2.24, 2.45) is 5.41 Å². The minimum Gasteiger partial charge on any atom is -0.297 e. The normalized spacial score (nSPS) is 18.2. The summed E-state index contributed by atoms with van der Waals surface area (Å²) >= 11 is 0. The molecule has 0 N–H and O–H groups in total. The summed E-state index contributed by atoms with van der Waals surface area (Å²) in [6, 6.07) is 27.2. The summed E-state index contributed by atoms with van der Waals surface area (Å²) in [6.07, 6.45) is 0. The van der Waals surface area contributed by atoms with Crippen molar-refractivity contribution in [3.05, 3.63) is 89.5 Å². The zero-order chi connectivity index (χ0) is 24.0. The van der Waals surface area contributed by atoms with Gasteiger partial charge in [-0.05, 0) is 44.7 Å². The van der Waals surface area contributed by atoms with E-state index in [-0.39, 0.29) is 23.3 Å². The number of fused-ring (bicyclic) bond motifs is 1. The van der Waals surface area contributed by atoms with E-state index in [1.54, 1.807) is 4.90 Å². The molecule has 4 rings (SSSR count). The van der Waals surface area contributed by atoms with Crippen molar-refractivity contribution < 1.29 is 4.79 Å². The number of rotatable bonds is 3. The average molecular weight is 437 g/mol. The van der Waals surface area contributed by atoms with Crippen molar-refractivity contribution >= 4 is 11.6 Å². The van der Waals surface area contributed by atoms with Crippen LogP contribution in [0.1, 0.15) is 58.2 Å². The Morgan fingerprint density at radius 3 is 1.88 bits per heavy atom. The van der Waals surface area contributed by atoms with Gasteiger partial charge < -0.3 is 0 Å². The highest BCUT2D eigenvalue weighted by Gasteiger charge is 2.58. The van der Waals surface area contributed by atoms with Gasteiger partial charge in [-0.1, -0.05) is 108 Å². The molecule has 1 heterocycles. The van der Waals surface area contributed by atoms with Crippen LogP contribution in [0.4, 0.5) is 5.69 Å². The topological polar surface area (TPSA) is 44.1 Å². The van der Waals surface area contributed by atoms with Gasteiger partial charge in [0.2, 0.25) is 5.91 Å². The molecule has 1 aliphatic rings. The Kier molecular flexibility index (Phi) is 5.45. The maximum Gasteiger partial charge on any atom is 0.243 e. The molecule has 0 aromatic heterocycles. The van der Waals surface area contributed by atoms with Crippen molar-refractivity contribution in [1.29, 1.82) is 5.26 Å². The Morgan fingerprint density at radius 2 is 1.36 bits per heavy atom. The van der Waals surface area contributed by atoms with E-state index in [2.05, 4.69) is 96.1 Å². The molecule has 168 valence electrons. The monoisotopic (exact) mass is 436 g/mol. The number of hydrogen-bond donors (Lipinski definition) is 0. The largest absolute Gasteiger partial charge is 0.297 e. The molecule has 1 unspecified atom stereocenters. The zero-order valence-electron chi connectivity index (χ0n) is 20.4. The predicted molar refractivity (Wildman–Crippen MR) is 135 cm³/mol. The average Bonchev–Trinajstić information content (AvgIpc) is 3.02. The van der Waals surface area contributed by atoms with E-state index in [9.17, 15) is 10.1 Å². The fraction of sp³-hybridized carbons (Fsp3) is 0.333. The minimum atomic E-state index is -0.852. The lowest BCUT2D eigenvalue weighted by Gasteiger charge is -2.41. The van der Waals surface area contributed by atoms with Gasteiger partial charge in [0.25, 0.3) is 0 Å². The van der Waals surface area contributed by atoms with Crippen molar-refractivity contribution in [3.8, 4) is 17.2 Å². The van der Waals surface area contributed by atoms with Gasteiger partial charge in [-0.15, -0.1) is 0 Å². The summed E-state index contributed by atoms with van der Waals surface area (Å²) in [7, 11) is 0. The number of anilines is 1. The van der Waals surface area contributed by atoms with E-state index >= 15 is 0 Å². The van der Waals surface area contributed by atoms with E-state index in [0.29, 0.717) is 0 Å². The van der Waals surface area contributed by atoms with Crippen LogP contribution in [-0.2, 0) is 15.6 Å². The fourth-order valence-corrected chi connectivity index (χ4v) is 5.19. The van der Waals surface area contributed by atoms with Crippen LogP contribution in [0.3, 0.4) is 0 Å². The Morgan fingerprint density at radius 1 is 0.818 bits per heavy atom. The first-order valence-corrected chi connectivity index (χ1v) is 11.5. The first-order valence-electron chi connectivity index (χ1n) is 11.5. The number of para-hydroxylation sites is 1. The maximum absolute atomic E-state index is 14.0. The highest BCUT2D eigenvalue weighted by atomic mass is 16.2. The molecule has 3 heteroatoms. The second-order valence-corrected chi connectivity index (χ2v) is 11.0. The summed E-state index contributed by atoms with van der Waals surface area (Å²) < 4.78 is 0. The van der Waals surface area contributed by atoms with Gasteiger partial charge in [-0.2, -0.15) is 5.26 Å². The summed E-state index contributed by atoms with van der Waals surface area (Å²) in [4.78, 5) is 15.6. The molecular formula is C30H32N2O. The molecule has 0 aliphatic carbocycles. The standard InChI is InChI=1S/C30H32N2O/c1-28(2,3)23-15-11-21(12-16-23)22-13-17-24(18-14-22)30(29(4,5)6)25-9-7-8-10-26(25)32(20-19-31)27(30)33/h7-18H,20H2,1-6H3. The molecule has 3 aromatic rings. The van der Waals surface area contributed by atoms with Crippen LogP contribution in [0, 0.1) is 16.7 Å². The quantitative estimate of drug-likeness (QED) is 0.421. The number of amides is 1. The summed E-state index contributed by atoms with van der Waals surface area (Å²) in [6.45, 7) is 13.0. The Labute approximate surface area is 197 Å². The SMILES string of the molecule is CC(C)(C)c1ccc(-c2ccc(C3(C(C)(C)C)C(=O)N(CC#N)c4ccccc43)cc2)cc1. The number of carbonyl (C=O) groups is 1. The molecule has 1 atom stereocenters. The number of nitrogens with zero attached hydrogens (tertiary/aromatic N) is 2. The van der Waals surface area contributed by atoms with Gasteiger partial charge in [0.05, 0.1) is 6.07 Å². The van der Waals surface area contributed by atoms with E-state index in [0.717, 1.165) is 27.9 Å². The third kappa shape index (κ3) is 3.55. The lowest BCUT2D eigenvalue weighted by molar-refractivity contribution is -0.124. The number of carbonyl (C=O) groups excluding carboxylic acids is 1. The molecular weight excluding hydrogens is 404 g/mol. The highest BCUT2D eigenvalue weighted by molar-refractivity contribution is 6.11. The van der Waals surface area contributed by atoms with E-state index in [1.807, 2.05) is 24.3 Å². The molecule has 3 aromatic carbocycles. The lowest BCUT2D eigenvalue weighted by Crippen LogP contribution is -2.50. The molecule has 0 fully saturated rings. The van der Waals surface area contributed by atoms with Crippen molar-refractivity contribution in [3.63, 3.8) is 0 Å². The van der Waals surface area contributed by atoms with E-state index < -0.39 is 5.41 Å². The first kappa shape index (κ1) is 22.8. The van der Waals surface area contributed by atoms with Gasteiger partial charge in [0, 0.05) is 5.69 Å². The van der Waals surface area contributed by atoms with E-state index in [1.165, 1.54) is 5.56 Å². The van der Waals surface area contributed by atoms with Crippen LogP contribution >= 0.6 is 0 Å². The molecule has 1 amide bonds. The van der Waals surface area contributed by atoms with Crippen molar-refractivity contribution in [1.82, 2.24) is 0 Å². The highest BCUT2D eigenvalue weighted by Crippen LogP contribution is 2.55. The third-order valence-electron chi connectivity index (χ3n) is 6.92. The number of hydrogen-bond acceptors (Lipinski definition) is 2. The number of nitriles is 1. The van der Waals surface area contributed by atoms with Gasteiger partial charge >= 0.3 is 0 Å². The van der Waals surface area contributed by atoms with E-state index in [4.69, 9.17) is 0 Å². The van der Waals surface area contributed by atoms with Gasteiger partial charge in [0.1, 0.15) is 12.0 Å². The Balaban J connectivity index is 1.82. The predicted octanol–water partition coefficient (Wildman–Crippen LogP) is 6.85. The Bertz CT molecular complexity index is 1220. The lowest BCUT2D eigenvalue weighted by atomic mass is 9.59. The fourth-order valence-electron chi connectivity index (χ4n) is 5.19. The molecule has 0 saturated carbocycles. The molecule has 0 radical (unpaired) electrons. The summed E-state index contributed by atoms with van der Waals surface area (Å²) in [5, 5.41) is 9.40. The van der Waals surface area contributed by atoms with Crippen LogP contribution in [0.25, 0.3) is 11.1 Å². The van der Waals surface area contributed by atoms with Gasteiger partial charge in [-0.25, -0.2) is 0 Å².